The summed E-state index contributed by atoms with van der Waals surface area (Å²) >= 11 is 1.25. The summed E-state index contributed by atoms with van der Waals surface area (Å²) in [7, 11) is -4.57. The number of aliphatic hydroxyl groups excluding tert-OH is 1. The van der Waals surface area contributed by atoms with Crippen LogP contribution in [0.15, 0.2) is 81.7 Å². The van der Waals surface area contributed by atoms with Crippen molar-refractivity contribution >= 4 is 36.5 Å². The number of phosphoric acid groups is 1. The van der Waals surface area contributed by atoms with Crippen molar-refractivity contribution in [3.05, 3.63) is 77.2 Å². The van der Waals surface area contributed by atoms with Gasteiger partial charge in [0.25, 0.3) is 13.4 Å². The van der Waals surface area contributed by atoms with Gasteiger partial charge in [-0.15, -0.1) is 0 Å². The maximum Gasteiger partial charge on any atom is 1.00 e. The average molecular weight is 575 g/mol. The number of aromatic amines is 1. The van der Waals surface area contributed by atoms with E-state index < -0.39 is 37.9 Å². The number of fused-ring (bicyclic) bond motifs is 3. The molecule has 0 saturated carbocycles. The van der Waals surface area contributed by atoms with Crippen LogP contribution in [0.4, 0.5) is 0 Å². The van der Waals surface area contributed by atoms with Gasteiger partial charge < -0.3 is 28.8 Å². The predicted molar refractivity (Wildman–Crippen MR) is 133 cm³/mol. The van der Waals surface area contributed by atoms with Gasteiger partial charge in [-0.3, -0.25) is 13.9 Å². The quantitative estimate of drug-likeness (QED) is 0.208. The molecule has 12 nitrogen and oxygen atoms in total. The first-order valence-corrected chi connectivity index (χ1v) is 13.9. The molecule has 2 aromatic carbocycles. The molecule has 5 heterocycles. The molecule has 2 N–H and O–H groups in total. The minimum absolute atomic E-state index is 0. The number of imidazole rings is 2. The van der Waals surface area contributed by atoms with Crippen LogP contribution in [-0.2, 0) is 18.3 Å². The number of aromatic nitrogens is 5. The van der Waals surface area contributed by atoms with Gasteiger partial charge in [0, 0.05) is 11.1 Å². The van der Waals surface area contributed by atoms with Crippen LogP contribution in [0.3, 0.4) is 0 Å². The predicted octanol–water partition coefficient (Wildman–Crippen LogP) is -0.663. The molecule has 2 aliphatic heterocycles. The molecule has 39 heavy (non-hydrogen) atoms. The van der Waals surface area contributed by atoms with Crippen LogP contribution in [0.1, 0.15) is 6.23 Å². The average Bonchev–Trinajstić information content (AvgIpc) is 3.59. The van der Waals surface area contributed by atoms with Crippen LogP contribution in [-0.4, -0.2) is 53.9 Å². The van der Waals surface area contributed by atoms with Crippen molar-refractivity contribution in [1.29, 1.82) is 0 Å². The fourth-order valence-corrected chi connectivity index (χ4v) is 6.59. The van der Waals surface area contributed by atoms with Gasteiger partial charge >= 0.3 is 29.6 Å². The van der Waals surface area contributed by atoms with Gasteiger partial charge in [0.15, 0.2) is 22.5 Å². The van der Waals surface area contributed by atoms with Crippen LogP contribution in [0.25, 0.3) is 28.2 Å². The van der Waals surface area contributed by atoms with Gasteiger partial charge in [0.2, 0.25) is 5.78 Å². The Hall–Kier alpha value is -2.29. The fourth-order valence-electron chi connectivity index (χ4n) is 4.71. The molecule has 5 aromatic rings. The first kappa shape index (κ1) is 26.9. The second-order valence-electron chi connectivity index (χ2n) is 8.86. The Morgan fingerprint density at radius 1 is 1.10 bits per heavy atom. The van der Waals surface area contributed by atoms with Crippen LogP contribution >= 0.6 is 19.6 Å². The molecule has 0 aliphatic carbocycles. The smallest absolute Gasteiger partial charge is 0.756 e. The summed E-state index contributed by atoms with van der Waals surface area (Å²) in [5, 5.41) is 11.5. The molecular formula is C24H19N5NaO7PS. The molecule has 7 rings (SSSR count). The maximum atomic E-state index is 13.6. The number of ether oxygens (including phenoxy) is 1. The zero-order chi connectivity index (χ0) is 26.0. The van der Waals surface area contributed by atoms with Crippen molar-refractivity contribution in [2.24, 2.45) is 0 Å². The van der Waals surface area contributed by atoms with Crippen LogP contribution in [0, 0.1) is 0 Å². The maximum absolute atomic E-state index is 13.6. The van der Waals surface area contributed by atoms with Gasteiger partial charge in [-0.1, -0.05) is 60.3 Å². The second-order valence-corrected chi connectivity index (χ2v) is 11.3. The van der Waals surface area contributed by atoms with Crippen LogP contribution in [0.5, 0.6) is 0 Å². The number of phosphoric ester groups is 1. The molecular weight excluding hydrogens is 556 g/mol. The minimum atomic E-state index is -4.57. The summed E-state index contributed by atoms with van der Waals surface area (Å²) in [6.45, 7) is -0.301. The third-order valence-corrected chi connectivity index (χ3v) is 8.41. The Labute approximate surface area is 246 Å². The first-order valence-electron chi connectivity index (χ1n) is 11.7. The summed E-state index contributed by atoms with van der Waals surface area (Å²) in [6.07, 6.45) is -2.90. The van der Waals surface area contributed by atoms with Gasteiger partial charge in [0.05, 0.1) is 12.3 Å². The Morgan fingerprint density at radius 2 is 1.82 bits per heavy atom. The molecule has 3 aromatic heterocycles. The van der Waals surface area contributed by atoms with E-state index in [1.807, 2.05) is 60.7 Å². The van der Waals surface area contributed by atoms with Crippen LogP contribution in [0.2, 0.25) is 0 Å². The van der Waals surface area contributed by atoms with Gasteiger partial charge in [-0.05, 0) is 17.7 Å². The number of nitrogens with one attached hydrogen (secondary N) is 1. The van der Waals surface area contributed by atoms with E-state index in [2.05, 4.69) is 15.0 Å². The number of benzene rings is 2. The van der Waals surface area contributed by atoms with E-state index in [-0.39, 0.29) is 53.1 Å². The summed E-state index contributed by atoms with van der Waals surface area (Å²) in [5.41, 5.74) is 1.38. The Balaban J connectivity index is 0.00000277. The Morgan fingerprint density at radius 3 is 2.56 bits per heavy atom. The monoisotopic (exact) mass is 575 g/mol. The summed E-state index contributed by atoms with van der Waals surface area (Å²) < 4.78 is 30.6. The SMILES string of the molecule is O=c1c2nc(Sc3ccccc3)n([C@@H]3O[C@@H]4COP(=O)([O-])O[C@H]4[C@H]3O)c2nc2[nH]c(-c3ccccc3)cn12.[Na+]. The normalized spacial score (nSPS) is 26.5. The van der Waals surface area contributed by atoms with Crippen molar-refractivity contribution < 1.29 is 57.9 Å². The standard InChI is InChI=1S/C24H20N5O7PS.Na/c30-18-19-16(12-34-37(32,33)36-19)35-22(18)29-20-17(26-24(29)38-14-9-5-2-6-10-14)21(31)28-11-15(25-23(28)27-20)13-7-3-1-4-8-13;/h1-11,16,18-19,22,30H,12H2,(H,25,27)(H,32,33);/q;+1/p-1/t16-,18-,19-,22-;/m1./s1. The first-order chi connectivity index (χ1) is 18.4. The molecule has 1 unspecified atom stereocenters. The summed E-state index contributed by atoms with van der Waals surface area (Å²) in [4.78, 5) is 38.8. The third kappa shape index (κ3) is 4.72. The summed E-state index contributed by atoms with van der Waals surface area (Å²) in [5.74, 6) is 0.271. The fraction of sp³-hybridized carbons (Fsp3) is 0.208. The third-order valence-electron chi connectivity index (χ3n) is 6.47. The van der Waals surface area contributed by atoms with E-state index in [9.17, 15) is 19.4 Å². The molecule has 0 spiro atoms. The van der Waals surface area contributed by atoms with E-state index in [1.54, 1.807) is 6.20 Å². The van der Waals surface area contributed by atoms with Crippen LogP contribution < -0.4 is 40.0 Å². The van der Waals surface area contributed by atoms with E-state index in [0.29, 0.717) is 10.9 Å². The zero-order valence-electron chi connectivity index (χ0n) is 20.4. The number of H-pyrrole nitrogens is 1. The second kappa shape index (κ2) is 10.3. The number of rotatable bonds is 4. The van der Waals surface area contributed by atoms with E-state index in [1.165, 1.54) is 20.7 Å². The topological polar surface area (TPSA) is 156 Å². The molecule has 0 radical (unpaired) electrons. The largest absolute Gasteiger partial charge is 1.00 e. The molecule has 15 heteroatoms. The molecule has 0 bridgehead atoms. The Kier molecular flexibility index (Phi) is 7.09. The summed E-state index contributed by atoms with van der Waals surface area (Å²) in [6, 6.07) is 18.8. The van der Waals surface area contributed by atoms with Crippen molar-refractivity contribution in [2.75, 3.05) is 6.61 Å². The zero-order valence-corrected chi connectivity index (χ0v) is 24.1. The number of hydrogen-bond donors (Lipinski definition) is 2. The molecule has 0 amide bonds. The number of aliphatic hydroxyl groups is 1. The molecule has 5 atom stereocenters. The number of nitrogens with zero attached hydrogens (tertiary/aromatic N) is 4. The molecule has 2 fully saturated rings. The molecule has 2 aliphatic rings. The van der Waals surface area contributed by atoms with Crippen molar-refractivity contribution in [1.82, 2.24) is 23.9 Å². The van der Waals surface area contributed by atoms with Crippen molar-refractivity contribution in [3.8, 4) is 11.3 Å². The van der Waals surface area contributed by atoms with E-state index in [4.69, 9.17) is 13.8 Å². The van der Waals surface area contributed by atoms with Crippen molar-refractivity contribution in [2.45, 2.75) is 34.6 Å². The van der Waals surface area contributed by atoms with Gasteiger partial charge in [0.1, 0.15) is 18.3 Å². The molecule has 2 saturated heterocycles. The van der Waals surface area contributed by atoms with Crippen molar-refractivity contribution in [3.63, 3.8) is 0 Å². The van der Waals surface area contributed by atoms with E-state index >= 15 is 0 Å². The molecule has 194 valence electrons. The van der Waals surface area contributed by atoms with E-state index in [0.717, 1.165) is 10.5 Å². The van der Waals surface area contributed by atoms with Gasteiger partial charge in [-0.2, -0.15) is 4.98 Å². The Bertz CT molecular complexity index is 1780. The number of hydrogen-bond acceptors (Lipinski definition) is 10. The minimum Gasteiger partial charge on any atom is -0.756 e. The van der Waals surface area contributed by atoms with Gasteiger partial charge in [-0.25, -0.2) is 9.38 Å².